The monoisotopic (exact) mass is 242 g/mol. The van der Waals surface area contributed by atoms with Crippen LogP contribution in [0.3, 0.4) is 0 Å². The maximum absolute atomic E-state index is 11.5. The third-order valence-corrected chi connectivity index (χ3v) is 2.51. The van der Waals surface area contributed by atoms with Crippen molar-refractivity contribution >= 4 is 17.9 Å². The number of hydrogen-bond donors (Lipinski definition) is 0. The van der Waals surface area contributed by atoms with Crippen molar-refractivity contribution in [1.82, 2.24) is 0 Å². The van der Waals surface area contributed by atoms with Crippen molar-refractivity contribution in [3.63, 3.8) is 0 Å². The lowest BCUT2D eigenvalue weighted by atomic mass is 9.77. The predicted molar refractivity (Wildman–Crippen MR) is 55.8 cm³/mol. The normalized spacial score (nSPS) is 18.2. The van der Waals surface area contributed by atoms with Gasteiger partial charge < -0.3 is 14.2 Å². The van der Waals surface area contributed by atoms with Gasteiger partial charge >= 0.3 is 17.9 Å². The van der Waals surface area contributed by atoms with Crippen molar-refractivity contribution in [3.05, 3.63) is 11.1 Å². The fourth-order valence-corrected chi connectivity index (χ4v) is 1.65. The van der Waals surface area contributed by atoms with Crippen LogP contribution in [0.2, 0.25) is 0 Å². The molecule has 1 atom stereocenters. The standard InChI is InChI=1S/C11H14O6/c1-6(12)17-5-7-4-8(10(13)15-2)9(7)11(14)16-3/h7H,4-5H2,1-3H3. The third-order valence-electron chi connectivity index (χ3n) is 2.51. The average Bonchev–Trinajstić information content (AvgIpc) is 2.26. The molecule has 6 heteroatoms. The van der Waals surface area contributed by atoms with Crippen molar-refractivity contribution in [1.29, 1.82) is 0 Å². The van der Waals surface area contributed by atoms with Crippen molar-refractivity contribution < 1.29 is 28.6 Å². The third kappa shape index (κ3) is 2.83. The molecule has 0 aromatic heterocycles. The van der Waals surface area contributed by atoms with Gasteiger partial charge in [-0.1, -0.05) is 0 Å². The second-order valence-corrected chi connectivity index (χ2v) is 3.58. The molecule has 17 heavy (non-hydrogen) atoms. The molecule has 0 aromatic rings. The number of methoxy groups -OCH3 is 2. The Morgan fingerprint density at radius 2 is 1.76 bits per heavy atom. The second-order valence-electron chi connectivity index (χ2n) is 3.58. The van der Waals surface area contributed by atoms with E-state index in [1.54, 1.807) is 0 Å². The molecule has 0 aromatic carbocycles. The summed E-state index contributed by atoms with van der Waals surface area (Å²) in [6.45, 7) is 1.35. The molecule has 1 aliphatic rings. The van der Waals surface area contributed by atoms with E-state index in [9.17, 15) is 14.4 Å². The Balaban J connectivity index is 2.79. The van der Waals surface area contributed by atoms with E-state index in [1.165, 1.54) is 21.1 Å². The molecule has 0 saturated carbocycles. The van der Waals surface area contributed by atoms with Crippen LogP contribution in [0.5, 0.6) is 0 Å². The van der Waals surface area contributed by atoms with Gasteiger partial charge in [0.05, 0.1) is 26.4 Å². The molecule has 6 nitrogen and oxygen atoms in total. The van der Waals surface area contributed by atoms with Crippen LogP contribution in [0.25, 0.3) is 0 Å². The molecule has 0 heterocycles. The van der Waals surface area contributed by atoms with Gasteiger partial charge in [0.2, 0.25) is 0 Å². The summed E-state index contributed by atoms with van der Waals surface area (Å²) < 4.78 is 13.9. The van der Waals surface area contributed by atoms with Crippen LogP contribution in [0.1, 0.15) is 13.3 Å². The molecule has 0 amide bonds. The first kappa shape index (κ1) is 13.2. The highest BCUT2D eigenvalue weighted by atomic mass is 16.5. The molecule has 0 N–H and O–H groups in total. The van der Waals surface area contributed by atoms with Crippen LogP contribution in [0.15, 0.2) is 11.1 Å². The van der Waals surface area contributed by atoms with Crippen LogP contribution in [0, 0.1) is 5.92 Å². The summed E-state index contributed by atoms with van der Waals surface area (Å²) in [5, 5.41) is 0. The zero-order chi connectivity index (χ0) is 13.0. The summed E-state index contributed by atoms with van der Waals surface area (Å²) >= 11 is 0. The Morgan fingerprint density at radius 3 is 2.24 bits per heavy atom. The minimum atomic E-state index is -0.589. The number of hydrogen-bond acceptors (Lipinski definition) is 6. The molecule has 0 aliphatic heterocycles. The summed E-state index contributed by atoms with van der Waals surface area (Å²) in [6, 6.07) is 0. The van der Waals surface area contributed by atoms with E-state index in [0.29, 0.717) is 6.42 Å². The highest BCUT2D eigenvalue weighted by Crippen LogP contribution is 2.36. The molecule has 94 valence electrons. The minimum absolute atomic E-state index is 0.0697. The topological polar surface area (TPSA) is 78.9 Å². The Labute approximate surface area is 98.5 Å². The lowest BCUT2D eigenvalue weighted by molar-refractivity contribution is -0.145. The van der Waals surface area contributed by atoms with E-state index >= 15 is 0 Å². The molecule has 0 bridgehead atoms. The molecular formula is C11H14O6. The number of rotatable bonds is 4. The van der Waals surface area contributed by atoms with E-state index in [0.717, 1.165) is 0 Å². The predicted octanol–water partition coefficient (Wildman–Crippen LogP) is 0.212. The highest BCUT2D eigenvalue weighted by Gasteiger charge is 2.39. The molecule has 0 spiro atoms. The van der Waals surface area contributed by atoms with Gasteiger partial charge in [-0.25, -0.2) is 9.59 Å². The van der Waals surface area contributed by atoms with E-state index in [2.05, 4.69) is 9.47 Å². The van der Waals surface area contributed by atoms with Crippen LogP contribution in [-0.2, 0) is 28.6 Å². The molecule has 1 rings (SSSR count). The first-order chi connectivity index (χ1) is 8.01. The zero-order valence-electron chi connectivity index (χ0n) is 9.94. The minimum Gasteiger partial charge on any atom is -0.466 e. The first-order valence-electron chi connectivity index (χ1n) is 5.04. The van der Waals surface area contributed by atoms with Gasteiger partial charge in [-0.15, -0.1) is 0 Å². The van der Waals surface area contributed by atoms with Gasteiger partial charge in [0, 0.05) is 18.4 Å². The lowest BCUT2D eigenvalue weighted by Gasteiger charge is -2.29. The highest BCUT2D eigenvalue weighted by molar-refractivity contribution is 6.03. The molecular weight excluding hydrogens is 228 g/mol. The quantitative estimate of drug-likeness (QED) is 0.518. The average molecular weight is 242 g/mol. The van der Waals surface area contributed by atoms with Crippen LogP contribution in [0.4, 0.5) is 0 Å². The van der Waals surface area contributed by atoms with Gasteiger partial charge in [-0.3, -0.25) is 4.79 Å². The smallest absolute Gasteiger partial charge is 0.334 e. The largest absolute Gasteiger partial charge is 0.466 e. The van der Waals surface area contributed by atoms with Crippen molar-refractivity contribution in [2.75, 3.05) is 20.8 Å². The molecule has 0 radical (unpaired) electrons. The number of carbonyl (C=O) groups is 3. The Bertz CT molecular complexity index is 381. The van der Waals surface area contributed by atoms with Gasteiger partial charge in [-0.2, -0.15) is 0 Å². The van der Waals surface area contributed by atoms with E-state index < -0.39 is 17.9 Å². The van der Waals surface area contributed by atoms with Crippen molar-refractivity contribution in [2.45, 2.75) is 13.3 Å². The summed E-state index contributed by atoms with van der Waals surface area (Å²) in [5.41, 5.74) is 0.525. The molecule has 1 unspecified atom stereocenters. The van der Waals surface area contributed by atoms with Gasteiger partial charge in [0.1, 0.15) is 0 Å². The van der Waals surface area contributed by atoms with E-state index in [4.69, 9.17) is 4.74 Å². The first-order valence-corrected chi connectivity index (χ1v) is 5.04. The van der Waals surface area contributed by atoms with Gasteiger partial charge in [0.25, 0.3) is 0 Å². The number of ether oxygens (including phenoxy) is 3. The Kier molecular flexibility index (Phi) is 4.25. The number of carbonyl (C=O) groups excluding carboxylic acids is 3. The van der Waals surface area contributed by atoms with E-state index in [-0.39, 0.29) is 23.7 Å². The molecule has 0 saturated heterocycles. The lowest BCUT2D eigenvalue weighted by Crippen LogP contribution is -2.33. The summed E-state index contributed by atoms with van der Waals surface area (Å²) in [7, 11) is 2.47. The fourth-order valence-electron chi connectivity index (χ4n) is 1.65. The van der Waals surface area contributed by atoms with Crippen LogP contribution < -0.4 is 0 Å². The van der Waals surface area contributed by atoms with Crippen LogP contribution in [-0.4, -0.2) is 38.7 Å². The Morgan fingerprint density at radius 1 is 1.18 bits per heavy atom. The van der Waals surface area contributed by atoms with Gasteiger partial charge in [-0.05, 0) is 6.42 Å². The maximum atomic E-state index is 11.5. The molecule has 1 aliphatic carbocycles. The Hall–Kier alpha value is -1.85. The second kappa shape index (κ2) is 5.47. The summed E-state index contributed by atoms with van der Waals surface area (Å²) in [6.07, 6.45) is 0.352. The molecule has 0 fully saturated rings. The zero-order valence-corrected chi connectivity index (χ0v) is 9.94. The van der Waals surface area contributed by atoms with Crippen molar-refractivity contribution in [3.8, 4) is 0 Å². The SMILES string of the molecule is COC(=O)C1=C(C(=O)OC)C(COC(C)=O)C1. The summed E-state index contributed by atoms with van der Waals surface area (Å²) in [4.78, 5) is 33.4. The fraction of sp³-hybridized carbons (Fsp3) is 0.545. The summed E-state index contributed by atoms with van der Waals surface area (Å²) in [5.74, 6) is -1.86. The number of esters is 3. The van der Waals surface area contributed by atoms with E-state index in [1.807, 2.05) is 0 Å². The maximum Gasteiger partial charge on any atom is 0.334 e. The van der Waals surface area contributed by atoms with Crippen LogP contribution >= 0.6 is 0 Å². The van der Waals surface area contributed by atoms with Gasteiger partial charge in [0.15, 0.2) is 0 Å². The van der Waals surface area contributed by atoms with Crippen molar-refractivity contribution in [2.24, 2.45) is 5.92 Å².